The molecule has 4 nitrogen and oxygen atoms in total. The second-order valence-corrected chi connectivity index (χ2v) is 9.13. The zero-order chi connectivity index (χ0) is 17.0. The molecule has 1 amide bonds. The highest BCUT2D eigenvalue weighted by atomic mass is 32.2. The molecule has 1 atom stereocenters. The molecule has 0 spiro atoms. The van der Waals surface area contributed by atoms with Crippen molar-refractivity contribution in [3.05, 3.63) is 35.4 Å². The minimum Gasteiger partial charge on any atom is -0.339 e. The predicted molar refractivity (Wildman–Crippen MR) is 93.1 cm³/mol. The molecule has 5 heteroatoms. The van der Waals surface area contributed by atoms with E-state index in [1.54, 1.807) is 24.3 Å². The number of amides is 1. The Morgan fingerprint density at radius 2 is 1.83 bits per heavy atom. The van der Waals surface area contributed by atoms with Crippen LogP contribution in [0.1, 0.15) is 49.0 Å². The molecule has 1 saturated heterocycles. The van der Waals surface area contributed by atoms with Crippen molar-refractivity contribution in [2.45, 2.75) is 38.9 Å². The summed E-state index contributed by atoms with van der Waals surface area (Å²) in [4.78, 5) is 14.6. The van der Waals surface area contributed by atoms with Gasteiger partial charge in [-0.15, -0.1) is 0 Å². The van der Waals surface area contributed by atoms with Gasteiger partial charge >= 0.3 is 0 Å². The number of sulfone groups is 1. The fourth-order valence-electron chi connectivity index (χ4n) is 3.22. The second-order valence-electron chi connectivity index (χ2n) is 6.99. The molecule has 1 aromatic carbocycles. The van der Waals surface area contributed by atoms with Crippen LogP contribution in [0.15, 0.2) is 24.3 Å². The van der Waals surface area contributed by atoms with Crippen molar-refractivity contribution < 1.29 is 13.2 Å². The molecule has 1 aliphatic heterocycles. The number of likely N-dealkylation sites (tertiary alicyclic amines) is 1. The number of benzene rings is 1. The number of hydrogen-bond donors (Lipinski definition) is 0. The van der Waals surface area contributed by atoms with Gasteiger partial charge in [0.05, 0.1) is 5.75 Å². The lowest BCUT2D eigenvalue weighted by Crippen LogP contribution is -2.32. The Hall–Kier alpha value is -1.36. The van der Waals surface area contributed by atoms with Gasteiger partial charge in [-0.25, -0.2) is 8.42 Å². The smallest absolute Gasteiger partial charge is 0.253 e. The minimum absolute atomic E-state index is 0.0151. The summed E-state index contributed by atoms with van der Waals surface area (Å²) in [5, 5.41) is 0. The summed E-state index contributed by atoms with van der Waals surface area (Å²) in [5.41, 5.74) is 1.37. The van der Waals surface area contributed by atoms with Gasteiger partial charge in [0.1, 0.15) is 0 Å². The van der Waals surface area contributed by atoms with Gasteiger partial charge in [0, 0.05) is 24.9 Å². The summed E-state index contributed by atoms with van der Waals surface area (Å²) in [6.45, 7) is 6.13. The Labute approximate surface area is 139 Å². The average molecular weight is 337 g/mol. The first-order valence-corrected chi connectivity index (χ1v) is 10.4. The van der Waals surface area contributed by atoms with Gasteiger partial charge in [0.15, 0.2) is 9.84 Å². The molecule has 0 aliphatic carbocycles. The van der Waals surface area contributed by atoms with Crippen LogP contribution in [-0.2, 0) is 15.6 Å². The van der Waals surface area contributed by atoms with Crippen molar-refractivity contribution >= 4 is 15.7 Å². The maximum atomic E-state index is 12.6. The molecule has 0 aromatic heterocycles. The first kappa shape index (κ1) is 18.0. The lowest BCUT2D eigenvalue weighted by Gasteiger charge is -2.21. The Morgan fingerprint density at radius 1 is 1.17 bits per heavy atom. The van der Waals surface area contributed by atoms with Crippen LogP contribution in [0, 0.1) is 11.8 Å². The Morgan fingerprint density at radius 3 is 2.39 bits per heavy atom. The third-order valence-corrected chi connectivity index (χ3v) is 5.49. The van der Waals surface area contributed by atoms with Gasteiger partial charge < -0.3 is 4.90 Å². The van der Waals surface area contributed by atoms with Crippen molar-refractivity contribution in [3.8, 4) is 0 Å². The van der Waals surface area contributed by atoms with Gasteiger partial charge in [-0.05, 0) is 48.8 Å². The van der Waals surface area contributed by atoms with Crippen molar-refractivity contribution in [3.63, 3.8) is 0 Å². The molecule has 2 rings (SSSR count). The lowest BCUT2D eigenvalue weighted by molar-refractivity contribution is 0.0759. The van der Waals surface area contributed by atoms with E-state index in [-0.39, 0.29) is 11.7 Å². The quantitative estimate of drug-likeness (QED) is 0.848. The van der Waals surface area contributed by atoms with E-state index in [0.29, 0.717) is 17.4 Å². The first-order valence-electron chi connectivity index (χ1n) is 8.32. The molecule has 0 bridgehead atoms. The van der Waals surface area contributed by atoms with Gasteiger partial charge in [-0.3, -0.25) is 4.79 Å². The number of rotatable bonds is 4. The van der Waals surface area contributed by atoms with E-state index in [1.165, 1.54) is 12.7 Å². The largest absolute Gasteiger partial charge is 0.339 e. The van der Waals surface area contributed by atoms with Gasteiger partial charge in [0.2, 0.25) is 0 Å². The molecule has 0 N–H and O–H groups in total. The van der Waals surface area contributed by atoms with Crippen molar-refractivity contribution in [2.75, 3.05) is 19.3 Å². The van der Waals surface area contributed by atoms with E-state index >= 15 is 0 Å². The zero-order valence-corrected chi connectivity index (χ0v) is 15.1. The fourth-order valence-corrected chi connectivity index (χ4v) is 4.02. The van der Waals surface area contributed by atoms with Crippen molar-refractivity contribution in [1.82, 2.24) is 4.90 Å². The summed E-state index contributed by atoms with van der Waals surface area (Å²) in [6.07, 6.45) is 4.53. The molecule has 1 heterocycles. The van der Waals surface area contributed by atoms with Gasteiger partial charge in [-0.1, -0.05) is 26.0 Å². The number of carbonyl (C=O) groups excluding carboxylic acids is 1. The van der Waals surface area contributed by atoms with Crippen molar-refractivity contribution in [1.29, 1.82) is 0 Å². The monoisotopic (exact) mass is 337 g/mol. The lowest BCUT2D eigenvalue weighted by atomic mass is 9.89. The molecule has 23 heavy (non-hydrogen) atoms. The zero-order valence-electron chi connectivity index (χ0n) is 14.3. The highest BCUT2D eigenvalue weighted by Gasteiger charge is 2.23. The molecular formula is C18H27NO3S. The molecular weight excluding hydrogens is 310 g/mol. The highest BCUT2D eigenvalue weighted by molar-refractivity contribution is 7.89. The molecule has 1 unspecified atom stereocenters. The van der Waals surface area contributed by atoms with Gasteiger partial charge in [0.25, 0.3) is 5.91 Å². The topological polar surface area (TPSA) is 54.5 Å². The summed E-state index contributed by atoms with van der Waals surface area (Å²) >= 11 is 0. The molecule has 0 radical (unpaired) electrons. The van der Waals surface area contributed by atoms with Crippen LogP contribution in [0.25, 0.3) is 0 Å². The van der Waals surface area contributed by atoms with E-state index in [9.17, 15) is 13.2 Å². The number of hydrogen-bond acceptors (Lipinski definition) is 3. The van der Waals surface area contributed by atoms with Crippen LogP contribution in [0.5, 0.6) is 0 Å². The Bertz CT molecular complexity index is 635. The summed E-state index contributed by atoms with van der Waals surface area (Å²) in [5.74, 6) is 1.44. The summed E-state index contributed by atoms with van der Waals surface area (Å²) < 4.78 is 22.6. The third kappa shape index (κ3) is 5.34. The van der Waals surface area contributed by atoms with E-state index < -0.39 is 9.84 Å². The van der Waals surface area contributed by atoms with E-state index in [4.69, 9.17) is 0 Å². The van der Waals surface area contributed by atoms with E-state index in [2.05, 4.69) is 13.8 Å². The fraction of sp³-hybridized carbons (Fsp3) is 0.611. The summed E-state index contributed by atoms with van der Waals surface area (Å²) in [6, 6.07) is 6.97. The Kier molecular flexibility index (Phi) is 5.84. The van der Waals surface area contributed by atoms with Crippen LogP contribution in [0.2, 0.25) is 0 Å². The molecule has 1 aliphatic rings. The average Bonchev–Trinajstić information content (AvgIpc) is 2.71. The van der Waals surface area contributed by atoms with Crippen molar-refractivity contribution in [2.24, 2.45) is 11.8 Å². The number of carbonyl (C=O) groups is 1. The molecule has 0 saturated carbocycles. The van der Waals surface area contributed by atoms with Crippen LogP contribution >= 0.6 is 0 Å². The predicted octanol–water partition coefficient (Wildman–Crippen LogP) is 3.13. The standard InChI is InChI=1S/C18H27NO3S/c1-14(2)16-5-4-11-19(12-10-16)18(20)17-8-6-15(7-9-17)13-23(3,21)22/h6-9,14,16H,4-5,10-13H2,1-3H3. The maximum Gasteiger partial charge on any atom is 0.253 e. The van der Waals surface area contributed by atoms with Crippen LogP contribution in [-0.4, -0.2) is 38.6 Å². The SMILES string of the molecule is CC(C)C1CCCN(C(=O)c2ccc(CS(C)(=O)=O)cc2)CC1. The van der Waals surface area contributed by atoms with Crippen LogP contribution < -0.4 is 0 Å². The Balaban J connectivity index is 2.02. The second kappa shape index (κ2) is 7.47. The molecule has 1 aromatic rings. The first-order chi connectivity index (χ1) is 10.8. The maximum absolute atomic E-state index is 12.6. The van der Waals surface area contributed by atoms with Crippen LogP contribution in [0.4, 0.5) is 0 Å². The molecule has 1 fully saturated rings. The van der Waals surface area contributed by atoms with Crippen LogP contribution in [0.3, 0.4) is 0 Å². The van der Waals surface area contributed by atoms with E-state index in [0.717, 1.165) is 31.5 Å². The van der Waals surface area contributed by atoms with Gasteiger partial charge in [-0.2, -0.15) is 0 Å². The summed E-state index contributed by atoms with van der Waals surface area (Å²) in [7, 11) is -3.05. The third-order valence-electron chi connectivity index (χ3n) is 4.63. The normalized spacial score (nSPS) is 19.7. The minimum atomic E-state index is -3.05. The number of nitrogens with zero attached hydrogens (tertiary/aromatic N) is 1. The highest BCUT2D eigenvalue weighted by Crippen LogP contribution is 2.25. The van der Waals surface area contributed by atoms with E-state index in [1.807, 2.05) is 4.90 Å². The molecule has 128 valence electrons.